The van der Waals surface area contributed by atoms with Gasteiger partial charge in [-0.1, -0.05) is 13.3 Å². The van der Waals surface area contributed by atoms with Crippen molar-refractivity contribution in [3.8, 4) is 5.75 Å². The Balaban J connectivity index is 2.48. The van der Waals surface area contributed by atoms with E-state index >= 15 is 0 Å². The summed E-state index contributed by atoms with van der Waals surface area (Å²) < 4.78 is 9.98. The average Bonchev–Trinajstić information content (AvgIpc) is 2.17. The number of aryl methyl sites for hydroxylation is 1. The minimum absolute atomic E-state index is 0.273. The fraction of sp³-hybridized carbons (Fsp3) is 0.500. The number of hydrogen-bond donors (Lipinski definition) is 0. The zero-order valence-electron chi connectivity index (χ0n) is 8.12. The van der Waals surface area contributed by atoms with Crippen molar-refractivity contribution in [3.63, 3.8) is 0 Å². The molecule has 0 saturated heterocycles. The predicted molar refractivity (Wildman–Crippen MR) is 50.7 cm³/mol. The number of hydrogen-bond acceptors (Lipinski definition) is 3. The van der Waals surface area contributed by atoms with Crippen LogP contribution in [0.15, 0.2) is 18.3 Å². The van der Waals surface area contributed by atoms with Gasteiger partial charge in [-0.2, -0.15) is 0 Å². The molecule has 3 nitrogen and oxygen atoms in total. The van der Waals surface area contributed by atoms with E-state index in [1.807, 2.05) is 12.1 Å². The van der Waals surface area contributed by atoms with E-state index in [1.165, 1.54) is 0 Å². The van der Waals surface area contributed by atoms with Crippen molar-refractivity contribution in [1.82, 2.24) is 4.98 Å². The number of aromatic nitrogens is 1. The second-order valence-electron chi connectivity index (χ2n) is 2.79. The van der Waals surface area contributed by atoms with Crippen LogP contribution in [0.2, 0.25) is 0 Å². The van der Waals surface area contributed by atoms with Crippen LogP contribution in [0, 0.1) is 0 Å². The third-order valence-electron chi connectivity index (χ3n) is 1.65. The lowest BCUT2D eigenvalue weighted by Crippen LogP contribution is -1.99. The third-order valence-corrected chi connectivity index (χ3v) is 1.65. The first-order valence-corrected chi connectivity index (χ1v) is 4.43. The van der Waals surface area contributed by atoms with Crippen molar-refractivity contribution in [2.45, 2.75) is 19.8 Å². The molecule has 0 bridgehead atoms. The highest BCUT2D eigenvalue weighted by molar-refractivity contribution is 5.19. The SMILES string of the molecule is CCCc1ccc(OCOC)cn1. The summed E-state index contributed by atoms with van der Waals surface area (Å²) in [4.78, 5) is 4.24. The van der Waals surface area contributed by atoms with Crippen molar-refractivity contribution in [3.05, 3.63) is 24.0 Å². The Morgan fingerprint density at radius 2 is 2.23 bits per heavy atom. The molecule has 0 unspecified atom stereocenters. The van der Waals surface area contributed by atoms with Crippen molar-refractivity contribution in [1.29, 1.82) is 0 Å². The first-order valence-electron chi connectivity index (χ1n) is 4.43. The number of ether oxygens (including phenoxy) is 2. The van der Waals surface area contributed by atoms with Crippen LogP contribution in [0.3, 0.4) is 0 Å². The Labute approximate surface area is 78.7 Å². The molecule has 0 atom stereocenters. The molecule has 3 heteroatoms. The number of nitrogens with zero attached hydrogens (tertiary/aromatic N) is 1. The van der Waals surface area contributed by atoms with E-state index in [0.29, 0.717) is 0 Å². The van der Waals surface area contributed by atoms with E-state index in [1.54, 1.807) is 13.3 Å². The third kappa shape index (κ3) is 3.42. The monoisotopic (exact) mass is 181 g/mol. The predicted octanol–water partition coefficient (Wildman–Crippen LogP) is 2.02. The minimum Gasteiger partial charge on any atom is -0.466 e. The van der Waals surface area contributed by atoms with Crippen molar-refractivity contribution in [2.75, 3.05) is 13.9 Å². The smallest absolute Gasteiger partial charge is 0.188 e. The zero-order chi connectivity index (χ0) is 9.52. The first-order chi connectivity index (χ1) is 6.36. The molecule has 72 valence electrons. The van der Waals surface area contributed by atoms with Crippen LogP contribution in [0.4, 0.5) is 0 Å². The fourth-order valence-corrected chi connectivity index (χ4v) is 1.03. The molecule has 1 aromatic rings. The van der Waals surface area contributed by atoms with Gasteiger partial charge in [-0.15, -0.1) is 0 Å². The summed E-state index contributed by atoms with van der Waals surface area (Å²) in [5, 5.41) is 0. The summed E-state index contributed by atoms with van der Waals surface area (Å²) in [7, 11) is 1.60. The maximum absolute atomic E-state index is 5.20. The lowest BCUT2D eigenvalue weighted by molar-refractivity contribution is 0.0508. The standard InChI is InChI=1S/C10H15NO2/c1-3-4-9-5-6-10(7-11-9)13-8-12-2/h5-7H,3-4,8H2,1-2H3. The van der Waals surface area contributed by atoms with Crippen LogP contribution >= 0.6 is 0 Å². The molecule has 0 radical (unpaired) electrons. The van der Waals surface area contributed by atoms with Crippen LogP contribution < -0.4 is 4.74 Å². The van der Waals surface area contributed by atoms with Crippen LogP contribution in [0.25, 0.3) is 0 Å². The molecule has 0 aromatic carbocycles. The highest BCUT2D eigenvalue weighted by Crippen LogP contribution is 2.09. The highest BCUT2D eigenvalue weighted by Gasteiger charge is 1.95. The van der Waals surface area contributed by atoms with Gasteiger partial charge < -0.3 is 9.47 Å². The van der Waals surface area contributed by atoms with Gasteiger partial charge in [0, 0.05) is 12.8 Å². The van der Waals surface area contributed by atoms with Crippen LogP contribution in [0.5, 0.6) is 5.75 Å². The molecule has 0 aliphatic heterocycles. The molecule has 0 N–H and O–H groups in total. The molecule has 0 aliphatic rings. The zero-order valence-corrected chi connectivity index (χ0v) is 8.12. The van der Waals surface area contributed by atoms with E-state index in [0.717, 1.165) is 24.3 Å². The Kier molecular flexibility index (Phi) is 4.26. The van der Waals surface area contributed by atoms with Crippen LogP contribution in [-0.2, 0) is 11.2 Å². The molecule has 13 heavy (non-hydrogen) atoms. The van der Waals surface area contributed by atoms with Gasteiger partial charge in [0.05, 0.1) is 6.20 Å². The Hall–Kier alpha value is -1.09. The molecule has 0 amide bonds. The Morgan fingerprint density at radius 1 is 1.38 bits per heavy atom. The molecular weight excluding hydrogens is 166 g/mol. The maximum atomic E-state index is 5.20. The number of pyridine rings is 1. The molecular formula is C10H15NO2. The topological polar surface area (TPSA) is 31.4 Å². The second-order valence-corrected chi connectivity index (χ2v) is 2.79. The van der Waals surface area contributed by atoms with E-state index < -0.39 is 0 Å². The quantitative estimate of drug-likeness (QED) is 0.651. The first kappa shape index (κ1) is 9.99. The molecule has 0 fully saturated rings. The van der Waals surface area contributed by atoms with E-state index in [2.05, 4.69) is 11.9 Å². The summed E-state index contributed by atoms with van der Waals surface area (Å²) in [6, 6.07) is 3.89. The lowest BCUT2D eigenvalue weighted by atomic mass is 10.2. The van der Waals surface area contributed by atoms with Crippen molar-refractivity contribution >= 4 is 0 Å². The van der Waals surface area contributed by atoms with Gasteiger partial charge in [-0.05, 0) is 18.6 Å². The number of rotatable bonds is 5. The van der Waals surface area contributed by atoms with Gasteiger partial charge in [0.15, 0.2) is 6.79 Å². The van der Waals surface area contributed by atoms with Gasteiger partial charge in [0.1, 0.15) is 5.75 Å². The molecule has 1 aromatic heterocycles. The molecule has 0 saturated carbocycles. The summed E-state index contributed by atoms with van der Waals surface area (Å²) in [5.41, 5.74) is 1.10. The van der Waals surface area contributed by atoms with Gasteiger partial charge in [0.25, 0.3) is 0 Å². The minimum atomic E-state index is 0.273. The molecule has 1 rings (SSSR count). The van der Waals surface area contributed by atoms with Gasteiger partial charge in [-0.25, -0.2) is 0 Å². The number of methoxy groups -OCH3 is 1. The van der Waals surface area contributed by atoms with E-state index in [9.17, 15) is 0 Å². The van der Waals surface area contributed by atoms with Gasteiger partial charge in [-0.3, -0.25) is 4.98 Å². The average molecular weight is 181 g/mol. The Morgan fingerprint density at radius 3 is 2.77 bits per heavy atom. The Bertz CT molecular complexity index is 233. The fourth-order valence-electron chi connectivity index (χ4n) is 1.03. The molecule has 1 heterocycles. The van der Waals surface area contributed by atoms with Crippen molar-refractivity contribution in [2.24, 2.45) is 0 Å². The molecule has 0 aliphatic carbocycles. The van der Waals surface area contributed by atoms with Crippen molar-refractivity contribution < 1.29 is 9.47 Å². The summed E-state index contributed by atoms with van der Waals surface area (Å²) in [5.74, 6) is 0.752. The van der Waals surface area contributed by atoms with E-state index in [4.69, 9.17) is 9.47 Å². The highest BCUT2D eigenvalue weighted by atomic mass is 16.7. The van der Waals surface area contributed by atoms with Crippen LogP contribution in [-0.4, -0.2) is 18.9 Å². The summed E-state index contributed by atoms with van der Waals surface area (Å²) in [6.07, 6.45) is 3.86. The summed E-state index contributed by atoms with van der Waals surface area (Å²) in [6.45, 7) is 2.41. The van der Waals surface area contributed by atoms with Gasteiger partial charge >= 0.3 is 0 Å². The lowest BCUT2D eigenvalue weighted by Gasteiger charge is -2.04. The largest absolute Gasteiger partial charge is 0.466 e. The van der Waals surface area contributed by atoms with Crippen LogP contribution in [0.1, 0.15) is 19.0 Å². The normalized spacial score (nSPS) is 10.0. The van der Waals surface area contributed by atoms with Gasteiger partial charge in [0.2, 0.25) is 0 Å². The maximum Gasteiger partial charge on any atom is 0.188 e. The molecule has 0 spiro atoms. The second kappa shape index (κ2) is 5.54. The van der Waals surface area contributed by atoms with E-state index in [-0.39, 0.29) is 6.79 Å². The summed E-state index contributed by atoms with van der Waals surface area (Å²) >= 11 is 0.